The minimum Gasteiger partial charge on any atom is -0.412 e. The van der Waals surface area contributed by atoms with Gasteiger partial charge in [0.25, 0.3) is 0 Å². The second-order valence-electron chi connectivity index (χ2n) is 4.84. The van der Waals surface area contributed by atoms with E-state index in [1.165, 1.54) is 19.3 Å². The molecule has 3 atom stereocenters. The Balaban J connectivity index is 1.87. The van der Waals surface area contributed by atoms with E-state index < -0.39 is 8.32 Å². The molecule has 2 rings (SSSR count). The van der Waals surface area contributed by atoms with Gasteiger partial charge >= 0.3 is 0 Å². The molecule has 0 N–H and O–H groups in total. The standard InChI is InChI=1S/C9H18O2Si/c1-12(2,3)11-8-6-4-5-7-9(8)10-7/h7-9H,4-6H2,1-3H3/t7-,8+,9-/m1/s1. The van der Waals surface area contributed by atoms with Crippen molar-refractivity contribution in [1.82, 2.24) is 0 Å². The lowest BCUT2D eigenvalue weighted by Crippen LogP contribution is -2.36. The summed E-state index contributed by atoms with van der Waals surface area (Å²) < 4.78 is 11.6. The van der Waals surface area contributed by atoms with Crippen LogP contribution in [0.5, 0.6) is 0 Å². The number of hydrogen-bond acceptors (Lipinski definition) is 2. The van der Waals surface area contributed by atoms with Crippen LogP contribution in [-0.4, -0.2) is 26.6 Å². The number of ether oxygens (including phenoxy) is 1. The van der Waals surface area contributed by atoms with E-state index >= 15 is 0 Å². The van der Waals surface area contributed by atoms with Gasteiger partial charge in [-0.05, 0) is 38.9 Å². The van der Waals surface area contributed by atoms with Crippen LogP contribution in [0.2, 0.25) is 19.6 Å². The fourth-order valence-corrected chi connectivity index (χ4v) is 3.14. The van der Waals surface area contributed by atoms with E-state index in [1.54, 1.807) is 0 Å². The van der Waals surface area contributed by atoms with Gasteiger partial charge in [-0.1, -0.05) is 0 Å². The smallest absolute Gasteiger partial charge is 0.184 e. The predicted molar refractivity (Wildman–Crippen MR) is 50.7 cm³/mol. The van der Waals surface area contributed by atoms with Crippen molar-refractivity contribution in [3.05, 3.63) is 0 Å². The number of epoxide rings is 1. The maximum atomic E-state index is 6.05. The minimum absolute atomic E-state index is 0.426. The monoisotopic (exact) mass is 186 g/mol. The minimum atomic E-state index is -1.34. The Morgan fingerprint density at radius 1 is 1.25 bits per heavy atom. The van der Waals surface area contributed by atoms with E-state index in [9.17, 15) is 0 Å². The molecule has 3 heteroatoms. The molecule has 0 aromatic heterocycles. The Morgan fingerprint density at radius 3 is 2.67 bits per heavy atom. The molecule has 1 aliphatic heterocycles. The van der Waals surface area contributed by atoms with Crippen molar-refractivity contribution in [2.45, 2.75) is 57.2 Å². The third-order valence-corrected chi connectivity index (χ3v) is 3.48. The highest BCUT2D eigenvalue weighted by atomic mass is 28.4. The molecule has 12 heavy (non-hydrogen) atoms. The van der Waals surface area contributed by atoms with Crippen molar-refractivity contribution >= 4 is 8.32 Å². The molecule has 2 nitrogen and oxygen atoms in total. The highest BCUT2D eigenvalue weighted by Crippen LogP contribution is 2.39. The van der Waals surface area contributed by atoms with E-state index in [0.29, 0.717) is 18.3 Å². The van der Waals surface area contributed by atoms with E-state index in [1.807, 2.05) is 0 Å². The maximum absolute atomic E-state index is 6.05. The lowest BCUT2D eigenvalue weighted by atomic mass is 9.98. The van der Waals surface area contributed by atoms with Crippen LogP contribution in [0.1, 0.15) is 19.3 Å². The molecule has 0 unspecified atom stereocenters. The Hall–Kier alpha value is 0.137. The summed E-state index contributed by atoms with van der Waals surface area (Å²) in [4.78, 5) is 0. The molecule has 0 aromatic rings. The quantitative estimate of drug-likeness (QED) is 0.487. The molecule has 1 saturated carbocycles. The van der Waals surface area contributed by atoms with Crippen molar-refractivity contribution in [2.24, 2.45) is 0 Å². The fourth-order valence-electron chi connectivity index (χ4n) is 1.98. The van der Waals surface area contributed by atoms with Gasteiger partial charge in [-0.2, -0.15) is 0 Å². The summed E-state index contributed by atoms with van der Waals surface area (Å²) in [5.74, 6) is 0. The SMILES string of the molecule is C[Si](C)(C)O[C@H]1CCC[C@H]2O[C@@H]12. The molecule has 70 valence electrons. The molecule has 2 fully saturated rings. The largest absolute Gasteiger partial charge is 0.412 e. The second kappa shape index (κ2) is 2.82. The summed E-state index contributed by atoms with van der Waals surface area (Å²) in [5.41, 5.74) is 0. The highest BCUT2D eigenvalue weighted by molar-refractivity contribution is 6.69. The van der Waals surface area contributed by atoms with Crippen LogP contribution in [0.25, 0.3) is 0 Å². The van der Waals surface area contributed by atoms with E-state index in [0.717, 1.165) is 0 Å². The molecule has 1 saturated heterocycles. The molecular formula is C9H18O2Si. The van der Waals surface area contributed by atoms with Gasteiger partial charge in [0, 0.05) is 0 Å². The van der Waals surface area contributed by atoms with Gasteiger partial charge in [0.1, 0.15) is 6.10 Å². The summed E-state index contributed by atoms with van der Waals surface area (Å²) in [6, 6.07) is 0. The molecule has 2 aliphatic rings. The second-order valence-corrected chi connectivity index (χ2v) is 9.30. The lowest BCUT2D eigenvalue weighted by molar-refractivity contribution is 0.141. The van der Waals surface area contributed by atoms with Gasteiger partial charge < -0.3 is 9.16 Å². The van der Waals surface area contributed by atoms with E-state index in [2.05, 4.69) is 19.6 Å². The average Bonchev–Trinajstić information content (AvgIpc) is 2.62. The molecule has 0 radical (unpaired) electrons. The van der Waals surface area contributed by atoms with Gasteiger partial charge in [-0.15, -0.1) is 0 Å². The van der Waals surface area contributed by atoms with Crippen LogP contribution in [0.15, 0.2) is 0 Å². The van der Waals surface area contributed by atoms with Crippen molar-refractivity contribution in [1.29, 1.82) is 0 Å². The first-order chi connectivity index (χ1) is 5.56. The molecule has 0 spiro atoms. The van der Waals surface area contributed by atoms with Gasteiger partial charge in [0.2, 0.25) is 0 Å². The third kappa shape index (κ3) is 1.89. The van der Waals surface area contributed by atoms with E-state index in [4.69, 9.17) is 9.16 Å². The summed E-state index contributed by atoms with van der Waals surface area (Å²) in [5, 5.41) is 0. The van der Waals surface area contributed by atoms with Crippen LogP contribution in [-0.2, 0) is 9.16 Å². The fraction of sp³-hybridized carbons (Fsp3) is 1.00. The number of fused-ring (bicyclic) bond motifs is 1. The maximum Gasteiger partial charge on any atom is 0.184 e. The van der Waals surface area contributed by atoms with Crippen LogP contribution < -0.4 is 0 Å². The molecule has 0 aromatic carbocycles. The zero-order valence-electron chi connectivity index (χ0n) is 8.17. The summed E-state index contributed by atoms with van der Waals surface area (Å²) in [6.07, 6.45) is 5.21. The first-order valence-corrected chi connectivity index (χ1v) is 8.30. The number of hydrogen-bond donors (Lipinski definition) is 0. The Morgan fingerprint density at radius 2 is 2.00 bits per heavy atom. The molecule has 1 heterocycles. The van der Waals surface area contributed by atoms with Crippen LogP contribution in [0.4, 0.5) is 0 Å². The van der Waals surface area contributed by atoms with Gasteiger partial charge in [-0.25, -0.2) is 0 Å². The van der Waals surface area contributed by atoms with Gasteiger partial charge in [-0.3, -0.25) is 0 Å². The lowest BCUT2D eigenvalue weighted by Gasteiger charge is -2.27. The van der Waals surface area contributed by atoms with E-state index in [-0.39, 0.29) is 0 Å². The molecular weight excluding hydrogens is 168 g/mol. The van der Waals surface area contributed by atoms with Crippen molar-refractivity contribution in [2.75, 3.05) is 0 Å². The summed E-state index contributed by atoms with van der Waals surface area (Å²) >= 11 is 0. The Labute approximate surface area is 75.4 Å². The normalized spacial score (nSPS) is 40.8. The molecule has 0 bridgehead atoms. The van der Waals surface area contributed by atoms with Gasteiger partial charge in [0.05, 0.1) is 12.2 Å². The molecule has 1 aliphatic carbocycles. The predicted octanol–water partition coefficient (Wildman–Crippen LogP) is 2.16. The third-order valence-electron chi connectivity index (χ3n) is 2.47. The van der Waals surface area contributed by atoms with Crippen molar-refractivity contribution < 1.29 is 9.16 Å². The summed E-state index contributed by atoms with van der Waals surface area (Å²) in [6.45, 7) is 6.75. The Kier molecular flexibility index (Phi) is 2.05. The average molecular weight is 186 g/mol. The highest BCUT2D eigenvalue weighted by Gasteiger charge is 2.48. The first-order valence-electron chi connectivity index (χ1n) is 4.89. The zero-order valence-corrected chi connectivity index (χ0v) is 9.17. The Bertz CT molecular complexity index is 176. The van der Waals surface area contributed by atoms with Crippen LogP contribution in [0.3, 0.4) is 0 Å². The summed E-state index contributed by atoms with van der Waals surface area (Å²) in [7, 11) is -1.34. The topological polar surface area (TPSA) is 21.8 Å². The van der Waals surface area contributed by atoms with Crippen molar-refractivity contribution in [3.8, 4) is 0 Å². The van der Waals surface area contributed by atoms with Crippen LogP contribution in [0, 0.1) is 0 Å². The zero-order chi connectivity index (χ0) is 8.77. The number of rotatable bonds is 2. The molecule has 0 amide bonds. The van der Waals surface area contributed by atoms with Crippen LogP contribution >= 0.6 is 0 Å². The first kappa shape index (κ1) is 8.72. The van der Waals surface area contributed by atoms with Crippen molar-refractivity contribution in [3.63, 3.8) is 0 Å². The van der Waals surface area contributed by atoms with Gasteiger partial charge in [0.15, 0.2) is 8.32 Å².